The van der Waals surface area contributed by atoms with Gasteiger partial charge in [-0.05, 0) is 16.7 Å². The molecule has 0 aliphatic rings. The molecule has 0 aliphatic heterocycles. The first-order valence-corrected chi connectivity index (χ1v) is 11.1. The quantitative estimate of drug-likeness (QED) is 0.388. The highest BCUT2D eigenvalue weighted by atomic mass is 16.2. The minimum Gasteiger partial charge on any atom is -0.346 e. The van der Waals surface area contributed by atoms with Crippen molar-refractivity contribution in [3.63, 3.8) is 0 Å². The lowest BCUT2D eigenvalue weighted by Crippen LogP contribution is -2.23. The van der Waals surface area contributed by atoms with Gasteiger partial charge in [0.05, 0.1) is 18.9 Å². The number of rotatable bonds is 8. The zero-order valence-electron chi connectivity index (χ0n) is 18.5. The maximum Gasteiger partial charge on any atom is 0.273 e. The zero-order valence-corrected chi connectivity index (χ0v) is 18.5. The van der Waals surface area contributed by atoms with E-state index in [1.807, 2.05) is 89.7 Å². The number of carbonyl (C=O) groups excluding carboxylic acids is 1. The molecule has 0 fully saturated rings. The van der Waals surface area contributed by atoms with Crippen LogP contribution in [-0.4, -0.2) is 30.7 Å². The average Bonchev–Trinajstić information content (AvgIpc) is 3.55. The smallest absolute Gasteiger partial charge is 0.273 e. The van der Waals surface area contributed by atoms with Gasteiger partial charge in [0, 0.05) is 18.3 Å². The Hall–Kier alpha value is -4.52. The first kappa shape index (κ1) is 21.3. The largest absolute Gasteiger partial charge is 0.346 e. The van der Waals surface area contributed by atoms with Crippen molar-refractivity contribution >= 4 is 5.91 Å². The third-order valence-corrected chi connectivity index (χ3v) is 5.57. The molecule has 2 heterocycles. The molecule has 1 N–H and O–H groups in total. The van der Waals surface area contributed by atoms with Gasteiger partial charge in [0.25, 0.3) is 5.91 Å². The Morgan fingerprint density at radius 2 is 1.41 bits per heavy atom. The molecule has 5 aromatic rings. The molecule has 2 aromatic heterocycles. The summed E-state index contributed by atoms with van der Waals surface area (Å²) in [5.74, 6) is -0.276. The number of benzene rings is 3. The zero-order chi connectivity index (χ0) is 23.2. The highest BCUT2D eigenvalue weighted by molar-refractivity contribution is 5.91. The first-order valence-electron chi connectivity index (χ1n) is 11.1. The molecule has 0 saturated carbocycles. The van der Waals surface area contributed by atoms with Gasteiger partial charge in [-0.15, -0.1) is 5.10 Å². The highest BCUT2D eigenvalue weighted by Gasteiger charge is 2.20. The second-order valence-electron chi connectivity index (χ2n) is 8.02. The topological polar surface area (TPSA) is 77.6 Å². The molecule has 0 bridgehead atoms. The van der Waals surface area contributed by atoms with Gasteiger partial charge in [-0.1, -0.05) is 96.2 Å². The fraction of sp³-hybridized carbons (Fsp3) is 0.111. The summed E-state index contributed by atoms with van der Waals surface area (Å²) >= 11 is 0. The van der Waals surface area contributed by atoms with Crippen molar-refractivity contribution in [1.29, 1.82) is 0 Å². The van der Waals surface area contributed by atoms with E-state index in [1.165, 1.54) is 5.56 Å². The Labute approximate surface area is 197 Å². The van der Waals surface area contributed by atoms with E-state index in [0.29, 0.717) is 13.1 Å². The third-order valence-electron chi connectivity index (χ3n) is 5.57. The SMILES string of the molecule is O=C(NCc1cnn(Cc2ccccc2)c1)c1cn(C(c2ccccc2)c2ccccc2)nn1. The first-order chi connectivity index (χ1) is 16.8. The molecule has 0 spiro atoms. The Morgan fingerprint density at radius 3 is 2.06 bits per heavy atom. The second-order valence-corrected chi connectivity index (χ2v) is 8.02. The van der Waals surface area contributed by atoms with Crippen LogP contribution in [0.15, 0.2) is 110 Å². The normalized spacial score (nSPS) is 11.0. The van der Waals surface area contributed by atoms with Crippen LogP contribution in [0.4, 0.5) is 0 Å². The van der Waals surface area contributed by atoms with Crippen molar-refractivity contribution < 1.29 is 4.79 Å². The Bertz CT molecular complexity index is 1310. The van der Waals surface area contributed by atoms with Gasteiger partial charge in [0.2, 0.25) is 0 Å². The number of nitrogens with one attached hydrogen (secondary N) is 1. The fourth-order valence-electron chi connectivity index (χ4n) is 3.90. The van der Waals surface area contributed by atoms with Gasteiger partial charge in [0.15, 0.2) is 5.69 Å². The maximum absolute atomic E-state index is 12.8. The second kappa shape index (κ2) is 9.95. The summed E-state index contributed by atoms with van der Waals surface area (Å²) in [5.41, 5.74) is 4.49. The number of hydrogen-bond acceptors (Lipinski definition) is 4. The highest BCUT2D eigenvalue weighted by Crippen LogP contribution is 2.25. The standard InChI is InChI=1S/C27H24N6O/c34-27(28-16-22-17-29-32(19-22)18-21-10-4-1-5-11-21)25-20-33(31-30-25)26(23-12-6-2-7-13-23)24-14-8-3-9-15-24/h1-15,17,19-20,26H,16,18H2,(H,28,34). The van der Waals surface area contributed by atoms with Crippen molar-refractivity contribution in [2.24, 2.45) is 0 Å². The number of amides is 1. The van der Waals surface area contributed by atoms with Crippen molar-refractivity contribution in [3.05, 3.63) is 138 Å². The molecule has 7 nitrogen and oxygen atoms in total. The van der Waals surface area contributed by atoms with E-state index in [9.17, 15) is 4.79 Å². The summed E-state index contributed by atoms with van der Waals surface area (Å²) in [5, 5.41) is 15.7. The average molecular weight is 449 g/mol. The maximum atomic E-state index is 12.8. The molecule has 168 valence electrons. The minimum atomic E-state index is -0.276. The fourth-order valence-corrected chi connectivity index (χ4v) is 3.90. The number of nitrogens with zero attached hydrogens (tertiary/aromatic N) is 5. The summed E-state index contributed by atoms with van der Waals surface area (Å²) < 4.78 is 3.59. The molecule has 34 heavy (non-hydrogen) atoms. The number of hydrogen-bond donors (Lipinski definition) is 1. The van der Waals surface area contributed by atoms with Crippen LogP contribution in [0.1, 0.15) is 38.8 Å². The molecule has 1 amide bonds. The monoisotopic (exact) mass is 448 g/mol. The van der Waals surface area contributed by atoms with Crippen LogP contribution in [0.2, 0.25) is 0 Å². The van der Waals surface area contributed by atoms with Gasteiger partial charge < -0.3 is 5.32 Å². The van der Waals surface area contributed by atoms with Gasteiger partial charge in [-0.25, -0.2) is 4.68 Å². The van der Waals surface area contributed by atoms with Crippen LogP contribution < -0.4 is 5.32 Å². The van der Waals surface area contributed by atoms with Gasteiger partial charge in [0.1, 0.15) is 6.04 Å². The molecule has 0 aliphatic carbocycles. The van der Waals surface area contributed by atoms with E-state index in [1.54, 1.807) is 17.1 Å². The lowest BCUT2D eigenvalue weighted by atomic mass is 9.99. The van der Waals surface area contributed by atoms with Gasteiger partial charge >= 0.3 is 0 Å². The van der Waals surface area contributed by atoms with Gasteiger partial charge in [-0.2, -0.15) is 5.10 Å². The number of aromatic nitrogens is 5. The summed E-state index contributed by atoms with van der Waals surface area (Å²) in [4.78, 5) is 12.8. The van der Waals surface area contributed by atoms with E-state index >= 15 is 0 Å². The van der Waals surface area contributed by atoms with E-state index in [-0.39, 0.29) is 17.6 Å². The van der Waals surface area contributed by atoms with E-state index in [2.05, 4.69) is 32.9 Å². The summed E-state index contributed by atoms with van der Waals surface area (Å²) in [6, 6.07) is 30.1. The Balaban J connectivity index is 1.27. The number of carbonyl (C=O) groups is 1. The summed E-state index contributed by atoms with van der Waals surface area (Å²) in [7, 11) is 0. The molecule has 3 aromatic carbocycles. The van der Waals surface area contributed by atoms with E-state index in [4.69, 9.17) is 0 Å². The van der Waals surface area contributed by atoms with Crippen molar-refractivity contribution in [1.82, 2.24) is 30.1 Å². The molecule has 0 atom stereocenters. The molecular formula is C27H24N6O. The molecular weight excluding hydrogens is 424 g/mol. The Morgan fingerprint density at radius 1 is 0.794 bits per heavy atom. The van der Waals surface area contributed by atoms with Crippen LogP contribution in [0.3, 0.4) is 0 Å². The summed E-state index contributed by atoms with van der Waals surface area (Å²) in [6.45, 7) is 1.05. The van der Waals surface area contributed by atoms with E-state index < -0.39 is 0 Å². The minimum absolute atomic E-state index is 0.173. The van der Waals surface area contributed by atoms with Crippen LogP contribution in [0.25, 0.3) is 0 Å². The lowest BCUT2D eigenvalue weighted by Gasteiger charge is -2.17. The van der Waals surface area contributed by atoms with Crippen molar-refractivity contribution in [2.75, 3.05) is 0 Å². The van der Waals surface area contributed by atoms with Crippen LogP contribution in [-0.2, 0) is 13.1 Å². The van der Waals surface area contributed by atoms with Gasteiger partial charge in [-0.3, -0.25) is 9.48 Å². The molecule has 5 rings (SSSR count). The van der Waals surface area contributed by atoms with Crippen molar-refractivity contribution in [2.45, 2.75) is 19.1 Å². The summed E-state index contributed by atoms with van der Waals surface area (Å²) in [6.07, 6.45) is 5.39. The molecule has 0 saturated heterocycles. The third kappa shape index (κ3) is 4.94. The lowest BCUT2D eigenvalue weighted by molar-refractivity contribution is 0.0946. The molecule has 0 unspecified atom stereocenters. The van der Waals surface area contributed by atoms with E-state index in [0.717, 1.165) is 16.7 Å². The van der Waals surface area contributed by atoms with Crippen LogP contribution in [0.5, 0.6) is 0 Å². The predicted molar refractivity (Wildman–Crippen MR) is 129 cm³/mol. The van der Waals surface area contributed by atoms with Crippen molar-refractivity contribution in [3.8, 4) is 0 Å². The van der Waals surface area contributed by atoms with Crippen LogP contribution >= 0.6 is 0 Å². The Kier molecular flexibility index (Phi) is 6.25. The van der Waals surface area contributed by atoms with Crippen LogP contribution in [0, 0.1) is 0 Å². The molecule has 0 radical (unpaired) electrons. The predicted octanol–water partition coefficient (Wildman–Crippen LogP) is 4.09. The molecule has 7 heteroatoms.